The van der Waals surface area contributed by atoms with E-state index in [0.717, 1.165) is 5.56 Å². The van der Waals surface area contributed by atoms with Crippen molar-refractivity contribution in [1.82, 2.24) is 4.90 Å². The van der Waals surface area contributed by atoms with Gasteiger partial charge in [0.15, 0.2) is 23.1 Å². The van der Waals surface area contributed by atoms with Crippen LogP contribution in [0, 0.1) is 11.2 Å². The molecule has 0 unspecified atom stereocenters. The van der Waals surface area contributed by atoms with Crippen molar-refractivity contribution in [3.05, 3.63) is 57.9 Å². The van der Waals surface area contributed by atoms with E-state index in [1.54, 1.807) is 24.0 Å². The Morgan fingerprint density at radius 2 is 1.76 bits per heavy atom. The van der Waals surface area contributed by atoms with E-state index in [1.807, 2.05) is 53.7 Å². The zero-order chi connectivity index (χ0) is 25.4. The maximum atomic E-state index is 15.6. The largest absolute Gasteiger partial charge is 0.490 e. The average Bonchev–Trinajstić information content (AvgIpc) is 2.95. The molecule has 0 spiro atoms. The fraction of sp³-hybridized carbons (Fsp3) is 0.481. The molecule has 34 heavy (non-hydrogen) atoms. The summed E-state index contributed by atoms with van der Waals surface area (Å²) in [4.78, 5) is 15.0. The third kappa shape index (κ3) is 4.53. The monoisotopic (exact) mass is 470 g/mol. The molecule has 0 atom stereocenters. The van der Waals surface area contributed by atoms with Gasteiger partial charge in [-0.05, 0) is 68.0 Å². The molecule has 0 saturated heterocycles. The predicted octanol–water partition coefficient (Wildman–Crippen LogP) is 5.17. The highest BCUT2D eigenvalue weighted by Gasteiger charge is 2.45. The number of halogens is 1. The summed E-state index contributed by atoms with van der Waals surface area (Å²) in [5.74, 6) is -0.637. The van der Waals surface area contributed by atoms with E-state index in [-0.39, 0.29) is 48.1 Å². The van der Waals surface area contributed by atoms with Gasteiger partial charge in [0, 0.05) is 5.56 Å². The molecule has 0 bridgehead atoms. The summed E-state index contributed by atoms with van der Waals surface area (Å²) >= 11 is 0. The number of fused-ring (bicyclic) bond motifs is 1. The Hall–Kier alpha value is -2.93. The van der Waals surface area contributed by atoms with Crippen LogP contribution in [0.25, 0.3) is 0 Å². The maximum Gasteiger partial charge on any atom is 0.197 e. The zero-order valence-electron chi connectivity index (χ0n) is 21.1. The number of carbonyl (C=O) groups is 1. The van der Waals surface area contributed by atoms with Crippen molar-refractivity contribution in [3.63, 3.8) is 0 Å². The second-order valence-electron chi connectivity index (χ2n) is 10.1. The quantitative estimate of drug-likeness (QED) is 0.520. The molecule has 1 heterocycles. The summed E-state index contributed by atoms with van der Waals surface area (Å²) in [7, 11) is 0. The maximum absolute atomic E-state index is 15.6. The summed E-state index contributed by atoms with van der Waals surface area (Å²) < 4.78 is 26.7. The SMILES string of the molecule is CCOc1cc2c(c(F)c1OCC)C(=N)N(CC(=O)c1cc(CO)cc(C(C)(C)C)c1)C2(C)C. The lowest BCUT2D eigenvalue weighted by Gasteiger charge is -2.33. The minimum absolute atomic E-state index is 0.0118. The summed E-state index contributed by atoms with van der Waals surface area (Å²) in [6.45, 7) is 13.7. The molecule has 0 radical (unpaired) electrons. The first kappa shape index (κ1) is 25.7. The van der Waals surface area contributed by atoms with Gasteiger partial charge in [-0.15, -0.1) is 0 Å². The van der Waals surface area contributed by atoms with Gasteiger partial charge in [-0.3, -0.25) is 10.2 Å². The highest BCUT2D eigenvalue weighted by Crippen LogP contribution is 2.46. The minimum Gasteiger partial charge on any atom is -0.490 e. The second-order valence-corrected chi connectivity index (χ2v) is 10.1. The molecule has 6 nitrogen and oxygen atoms in total. The normalized spacial score (nSPS) is 14.9. The van der Waals surface area contributed by atoms with Crippen LogP contribution in [0.4, 0.5) is 4.39 Å². The van der Waals surface area contributed by atoms with Crippen LogP contribution in [-0.4, -0.2) is 41.4 Å². The number of rotatable bonds is 8. The summed E-state index contributed by atoms with van der Waals surface area (Å²) in [6, 6.07) is 7.13. The molecule has 1 aliphatic rings. The fourth-order valence-corrected chi connectivity index (χ4v) is 4.31. The molecular formula is C27H35FN2O4. The van der Waals surface area contributed by atoms with Crippen LogP contribution in [0.15, 0.2) is 24.3 Å². The van der Waals surface area contributed by atoms with E-state index in [4.69, 9.17) is 14.9 Å². The smallest absolute Gasteiger partial charge is 0.197 e. The molecule has 0 aliphatic carbocycles. The lowest BCUT2D eigenvalue weighted by atomic mass is 9.84. The number of ether oxygens (including phenoxy) is 2. The van der Waals surface area contributed by atoms with Gasteiger partial charge in [0.2, 0.25) is 0 Å². The summed E-state index contributed by atoms with van der Waals surface area (Å²) in [5.41, 5.74) is 1.74. The molecule has 1 aliphatic heterocycles. The van der Waals surface area contributed by atoms with Crippen molar-refractivity contribution < 1.29 is 23.8 Å². The van der Waals surface area contributed by atoms with Crippen LogP contribution in [-0.2, 0) is 17.6 Å². The Morgan fingerprint density at radius 1 is 1.12 bits per heavy atom. The summed E-state index contributed by atoms with van der Waals surface area (Å²) in [6.07, 6.45) is 0. The van der Waals surface area contributed by atoms with Crippen LogP contribution >= 0.6 is 0 Å². The molecule has 0 saturated carbocycles. The molecule has 2 aromatic carbocycles. The predicted molar refractivity (Wildman–Crippen MR) is 131 cm³/mol. The number of nitrogens with one attached hydrogen (secondary N) is 1. The number of benzene rings is 2. The number of carbonyl (C=O) groups excluding carboxylic acids is 1. The molecule has 0 amide bonds. The standard InChI is InChI=1S/C27H35FN2O4/c1-8-33-21-13-19-22(23(28)24(21)34-9-2)25(29)30(27(19,6)7)14-20(32)17-10-16(15-31)11-18(12-17)26(3,4)5/h10-13,29,31H,8-9,14-15H2,1-7H3. The van der Waals surface area contributed by atoms with Gasteiger partial charge in [0.25, 0.3) is 0 Å². The zero-order valence-corrected chi connectivity index (χ0v) is 21.1. The third-order valence-corrected chi connectivity index (χ3v) is 6.28. The first-order valence-electron chi connectivity index (χ1n) is 11.6. The van der Waals surface area contributed by atoms with Gasteiger partial charge in [0.05, 0.1) is 37.5 Å². The van der Waals surface area contributed by atoms with E-state index in [1.165, 1.54) is 0 Å². The van der Waals surface area contributed by atoms with Crippen LogP contribution < -0.4 is 9.47 Å². The van der Waals surface area contributed by atoms with E-state index < -0.39 is 11.4 Å². The number of hydrogen-bond donors (Lipinski definition) is 2. The lowest BCUT2D eigenvalue weighted by molar-refractivity contribution is 0.0920. The van der Waals surface area contributed by atoms with Crippen LogP contribution in [0.5, 0.6) is 11.5 Å². The van der Waals surface area contributed by atoms with Gasteiger partial charge in [0.1, 0.15) is 5.84 Å². The Labute approximate surface area is 201 Å². The lowest BCUT2D eigenvalue weighted by Crippen LogP contribution is -2.42. The van der Waals surface area contributed by atoms with Gasteiger partial charge in [-0.2, -0.15) is 0 Å². The van der Waals surface area contributed by atoms with Crippen LogP contribution in [0.1, 0.15) is 81.1 Å². The second kappa shape index (κ2) is 9.37. The van der Waals surface area contributed by atoms with Crippen molar-refractivity contribution in [2.75, 3.05) is 19.8 Å². The Morgan fingerprint density at radius 3 is 2.32 bits per heavy atom. The van der Waals surface area contributed by atoms with Gasteiger partial charge < -0.3 is 19.5 Å². The average molecular weight is 471 g/mol. The molecule has 2 N–H and O–H groups in total. The molecule has 0 aromatic heterocycles. The molecule has 7 heteroatoms. The van der Waals surface area contributed by atoms with Crippen molar-refractivity contribution in [2.45, 2.75) is 66.0 Å². The van der Waals surface area contributed by atoms with Crippen LogP contribution in [0.3, 0.4) is 0 Å². The van der Waals surface area contributed by atoms with Crippen molar-refractivity contribution >= 4 is 11.6 Å². The number of aliphatic hydroxyl groups excluding tert-OH is 1. The van der Waals surface area contributed by atoms with E-state index in [2.05, 4.69) is 0 Å². The number of Topliss-reactive ketones (excluding diaryl/α,β-unsaturated/α-hetero) is 1. The Bertz CT molecular complexity index is 1120. The van der Waals surface area contributed by atoms with E-state index >= 15 is 4.39 Å². The van der Waals surface area contributed by atoms with Gasteiger partial charge in [-0.25, -0.2) is 4.39 Å². The third-order valence-electron chi connectivity index (χ3n) is 6.28. The van der Waals surface area contributed by atoms with Gasteiger partial charge >= 0.3 is 0 Å². The number of nitrogens with zero attached hydrogens (tertiary/aromatic N) is 1. The molecular weight excluding hydrogens is 435 g/mol. The van der Waals surface area contributed by atoms with Gasteiger partial charge in [-0.1, -0.05) is 26.8 Å². The molecule has 0 fully saturated rings. The fourth-order valence-electron chi connectivity index (χ4n) is 4.31. The Kier molecular flexibility index (Phi) is 7.08. The molecule has 2 aromatic rings. The molecule has 184 valence electrons. The number of hydrogen-bond acceptors (Lipinski definition) is 5. The number of ketones is 1. The highest BCUT2D eigenvalue weighted by atomic mass is 19.1. The van der Waals surface area contributed by atoms with Crippen molar-refractivity contribution in [1.29, 1.82) is 5.41 Å². The summed E-state index contributed by atoms with van der Waals surface area (Å²) in [5, 5.41) is 18.5. The highest BCUT2D eigenvalue weighted by molar-refractivity contribution is 6.07. The Balaban J connectivity index is 2.03. The van der Waals surface area contributed by atoms with Crippen molar-refractivity contribution in [2.24, 2.45) is 0 Å². The topological polar surface area (TPSA) is 82.9 Å². The van der Waals surface area contributed by atoms with E-state index in [0.29, 0.717) is 29.0 Å². The minimum atomic E-state index is -0.818. The van der Waals surface area contributed by atoms with Crippen molar-refractivity contribution in [3.8, 4) is 11.5 Å². The number of aliphatic hydroxyl groups is 1. The number of amidine groups is 1. The van der Waals surface area contributed by atoms with Crippen LogP contribution in [0.2, 0.25) is 0 Å². The molecule has 3 rings (SSSR count). The van der Waals surface area contributed by atoms with E-state index in [9.17, 15) is 9.90 Å². The first-order valence-corrected chi connectivity index (χ1v) is 11.6. The first-order chi connectivity index (χ1) is 15.9.